The molecule has 0 radical (unpaired) electrons. The van der Waals surface area contributed by atoms with Gasteiger partial charge in [-0.15, -0.1) is 0 Å². The average Bonchev–Trinajstić information content (AvgIpc) is 2.56. The van der Waals surface area contributed by atoms with E-state index in [1.165, 1.54) is 0 Å². The van der Waals surface area contributed by atoms with Crippen LogP contribution in [-0.4, -0.2) is 22.2 Å². The molecule has 0 spiro atoms. The van der Waals surface area contributed by atoms with E-state index in [-0.39, 0.29) is 11.1 Å². The largest absolute Gasteiger partial charge is 0.478 e. The lowest BCUT2D eigenvalue weighted by Gasteiger charge is -2.04. The van der Waals surface area contributed by atoms with Crippen LogP contribution < -0.4 is 0 Å². The number of carboxylic acids is 2. The van der Waals surface area contributed by atoms with Gasteiger partial charge >= 0.3 is 11.9 Å². The minimum absolute atomic E-state index is 0.285. The van der Waals surface area contributed by atoms with Gasteiger partial charge in [0.05, 0.1) is 0 Å². The van der Waals surface area contributed by atoms with Crippen molar-refractivity contribution in [2.45, 2.75) is 13.8 Å². The molecule has 0 aliphatic carbocycles. The maximum Gasteiger partial charge on any atom is 0.331 e. The van der Waals surface area contributed by atoms with E-state index in [0.29, 0.717) is 0 Å². The Labute approximate surface area is 140 Å². The topological polar surface area (TPSA) is 74.6 Å². The minimum atomic E-state index is -0.931. The van der Waals surface area contributed by atoms with Crippen molar-refractivity contribution in [3.05, 3.63) is 70.8 Å². The lowest BCUT2D eigenvalue weighted by Crippen LogP contribution is -1.95. The highest BCUT2D eigenvalue weighted by atomic mass is 16.4. The third-order valence-electron chi connectivity index (χ3n) is 3.60. The first kappa shape index (κ1) is 17.2. The normalized spacial score (nSPS) is 12.1. The van der Waals surface area contributed by atoms with E-state index in [2.05, 4.69) is 0 Å². The summed E-state index contributed by atoms with van der Waals surface area (Å²) in [4.78, 5) is 21.7. The second kappa shape index (κ2) is 7.42. The highest BCUT2D eigenvalue weighted by molar-refractivity contribution is 5.92. The Balaban J connectivity index is 2.21. The number of rotatable bonds is 5. The molecule has 4 heteroatoms. The Hall–Kier alpha value is -3.14. The molecule has 0 amide bonds. The number of benzene rings is 2. The van der Waals surface area contributed by atoms with Crippen LogP contribution in [0.5, 0.6) is 0 Å². The third-order valence-corrected chi connectivity index (χ3v) is 3.60. The van der Waals surface area contributed by atoms with E-state index in [0.717, 1.165) is 22.3 Å². The molecule has 122 valence electrons. The van der Waals surface area contributed by atoms with Gasteiger partial charge in [0.15, 0.2) is 0 Å². The highest BCUT2D eigenvalue weighted by Crippen LogP contribution is 2.22. The maximum absolute atomic E-state index is 10.8. The molecule has 2 N–H and O–H groups in total. The first-order chi connectivity index (χ1) is 11.4. The van der Waals surface area contributed by atoms with Gasteiger partial charge in [-0.2, -0.15) is 0 Å². The number of hydrogen-bond donors (Lipinski definition) is 2. The monoisotopic (exact) mass is 322 g/mol. The van der Waals surface area contributed by atoms with Gasteiger partial charge in [-0.05, 0) is 48.3 Å². The Morgan fingerprint density at radius 2 is 0.958 bits per heavy atom. The number of hydrogen-bond acceptors (Lipinski definition) is 2. The zero-order chi connectivity index (χ0) is 17.7. The van der Waals surface area contributed by atoms with Crippen LogP contribution in [0.4, 0.5) is 0 Å². The number of carbonyl (C=O) groups is 2. The van der Waals surface area contributed by atoms with Crippen molar-refractivity contribution < 1.29 is 19.8 Å². The molecule has 2 aromatic carbocycles. The van der Waals surface area contributed by atoms with Crippen LogP contribution in [-0.2, 0) is 9.59 Å². The van der Waals surface area contributed by atoms with Crippen molar-refractivity contribution in [2.75, 3.05) is 0 Å². The van der Waals surface area contributed by atoms with Crippen molar-refractivity contribution in [1.29, 1.82) is 0 Å². The van der Waals surface area contributed by atoms with Crippen LogP contribution in [0.3, 0.4) is 0 Å². The highest BCUT2D eigenvalue weighted by Gasteiger charge is 2.02. The lowest BCUT2D eigenvalue weighted by molar-refractivity contribution is -0.133. The molecule has 0 saturated carbocycles. The fraction of sp³-hybridized carbons (Fsp3) is 0.100. The summed E-state index contributed by atoms with van der Waals surface area (Å²) in [5.74, 6) is -1.86. The molecule has 0 bridgehead atoms. The molecule has 0 saturated heterocycles. The van der Waals surface area contributed by atoms with E-state index in [1.54, 1.807) is 26.0 Å². The van der Waals surface area contributed by atoms with E-state index < -0.39 is 11.9 Å². The molecule has 0 aliphatic rings. The molecule has 0 fully saturated rings. The van der Waals surface area contributed by atoms with Gasteiger partial charge in [0, 0.05) is 11.1 Å². The van der Waals surface area contributed by atoms with Crippen LogP contribution >= 0.6 is 0 Å². The summed E-state index contributed by atoms with van der Waals surface area (Å²) in [6.07, 6.45) is 3.24. The predicted octanol–water partition coefficient (Wildman–Crippen LogP) is 4.33. The quantitative estimate of drug-likeness (QED) is 0.804. The molecular formula is C20H18O4. The molecule has 0 aliphatic heterocycles. The Bertz CT molecular complexity index is 738. The van der Waals surface area contributed by atoms with E-state index >= 15 is 0 Å². The minimum Gasteiger partial charge on any atom is -0.478 e. The zero-order valence-electron chi connectivity index (χ0n) is 13.5. The standard InChI is InChI=1S/C20H18O4/c1-13(19(21)22)11-15-3-7-17(8-4-15)18-9-5-16(6-10-18)12-14(2)20(23)24/h3-12H,1-2H3,(H,21,22)(H,23,24)/b13-11+,14-12+. The predicted molar refractivity (Wildman–Crippen MR) is 94.5 cm³/mol. The molecule has 2 rings (SSSR count). The van der Waals surface area contributed by atoms with Gasteiger partial charge in [0.25, 0.3) is 0 Å². The van der Waals surface area contributed by atoms with Gasteiger partial charge in [-0.3, -0.25) is 0 Å². The van der Waals surface area contributed by atoms with Gasteiger partial charge in [-0.25, -0.2) is 9.59 Å². The fourth-order valence-electron chi connectivity index (χ4n) is 2.17. The molecule has 0 atom stereocenters. The number of carboxylic acid groups (broad SMARTS) is 2. The first-order valence-corrected chi connectivity index (χ1v) is 7.40. The maximum atomic E-state index is 10.8. The first-order valence-electron chi connectivity index (χ1n) is 7.40. The van der Waals surface area contributed by atoms with E-state index in [1.807, 2.05) is 48.5 Å². The summed E-state index contributed by atoms with van der Waals surface area (Å²) >= 11 is 0. The molecule has 4 nitrogen and oxygen atoms in total. The van der Waals surface area contributed by atoms with Crippen molar-refractivity contribution in [2.24, 2.45) is 0 Å². The summed E-state index contributed by atoms with van der Waals surface area (Å²) in [6, 6.07) is 15.2. The molecule has 0 unspecified atom stereocenters. The fourth-order valence-corrected chi connectivity index (χ4v) is 2.17. The zero-order valence-corrected chi connectivity index (χ0v) is 13.5. The summed E-state index contributed by atoms with van der Waals surface area (Å²) in [6.45, 7) is 3.11. The molecule has 0 aromatic heterocycles. The van der Waals surface area contributed by atoms with Crippen molar-refractivity contribution >= 4 is 24.1 Å². The van der Waals surface area contributed by atoms with Crippen molar-refractivity contribution in [1.82, 2.24) is 0 Å². The molecule has 24 heavy (non-hydrogen) atoms. The Kier molecular flexibility index (Phi) is 5.32. The summed E-state index contributed by atoms with van der Waals surface area (Å²) in [5.41, 5.74) is 4.24. The third kappa shape index (κ3) is 4.43. The second-order valence-electron chi connectivity index (χ2n) is 5.51. The summed E-state index contributed by atoms with van der Waals surface area (Å²) < 4.78 is 0. The van der Waals surface area contributed by atoms with Crippen LogP contribution in [0.2, 0.25) is 0 Å². The summed E-state index contributed by atoms with van der Waals surface area (Å²) in [5, 5.41) is 17.8. The van der Waals surface area contributed by atoms with Crippen LogP contribution in [0.15, 0.2) is 59.7 Å². The molecule has 0 heterocycles. The molecular weight excluding hydrogens is 304 g/mol. The van der Waals surface area contributed by atoms with Crippen molar-refractivity contribution in [3.63, 3.8) is 0 Å². The number of aliphatic carboxylic acids is 2. The summed E-state index contributed by atoms with van der Waals surface area (Å²) in [7, 11) is 0. The van der Waals surface area contributed by atoms with Crippen LogP contribution in [0, 0.1) is 0 Å². The van der Waals surface area contributed by atoms with E-state index in [4.69, 9.17) is 10.2 Å². The smallest absolute Gasteiger partial charge is 0.331 e. The van der Waals surface area contributed by atoms with Gasteiger partial charge in [0.1, 0.15) is 0 Å². The van der Waals surface area contributed by atoms with Crippen molar-refractivity contribution in [3.8, 4) is 11.1 Å². The SMILES string of the molecule is C/C(=C\c1ccc(-c2ccc(/C=C(\C)C(=O)O)cc2)cc1)C(=O)O. The second-order valence-corrected chi connectivity index (χ2v) is 5.51. The Morgan fingerprint density at radius 3 is 1.21 bits per heavy atom. The van der Waals surface area contributed by atoms with Gasteiger partial charge in [-0.1, -0.05) is 48.5 Å². The van der Waals surface area contributed by atoms with E-state index in [9.17, 15) is 9.59 Å². The van der Waals surface area contributed by atoms with Crippen LogP contribution in [0.1, 0.15) is 25.0 Å². The van der Waals surface area contributed by atoms with Gasteiger partial charge in [0.2, 0.25) is 0 Å². The van der Waals surface area contributed by atoms with Crippen LogP contribution in [0.25, 0.3) is 23.3 Å². The lowest BCUT2D eigenvalue weighted by atomic mass is 10.0. The Morgan fingerprint density at radius 1 is 0.667 bits per heavy atom. The van der Waals surface area contributed by atoms with Gasteiger partial charge < -0.3 is 10.2 Å². The molecule has 2 aromatic rings. The average molecular weight is 322 g/mol.